The summed E-state index contributed by atoms with van der Waals surface area (Å²) in [5.41, 5.74) is 6.61. The van der Waals surface area contributed by atoms with Crippen LogP contribution < -0.4 is 0 Å². The summed E-state index contributed by atoms with van der Waals surface area (Å²) in [7, 11) is 0. The Kier molecular flexibility index (Phi) is 13.7. The summed E-state index contributed by atoms with van der Waals surface area (Å²) in [6.07, 6.45) is 12.6. The van der Waals surface area contributed by atoms with Crippen molar-refractivity contribution in [3.63, 3.8) is 0 Å². The van der Waals surface area contributed by atoms with Gasteiger partial charge >= 0.3 is 0 Å². The van der Waals surface area contributed by atoms with Crippen LogP contribution in [0.2, 0.25) is 0 Å². The maximum Gasteiger partial charge on any atom is 0.117 e. The van der Waals surface area contributed by atoms with E-state index in [-0.39, 0.29) is 5.41 Å². The zero-order valence-electron chi connectivity index (χ0n) is 38.6. The maximum atomic E-state index is 5.66. The van der Waals surface area contributed by atoms with Crippen LogP contribution in [0.4, 0.5) is 0 Å². The minimum absolute atomic E-state index is 0.150. The number of benzene rings is 3. The Hall–Kier alpha value is -3.44. The lowest BCUT2D eigenvalue weighted by atomic mass is 9.83. The zero-order chi connectivity index (χ0) is 44.7. The van der Waals surface area contributed by atoms with Crippen molar-refractivity contribution in [1.29, 1.82) is 0 Å². The molecule has 0 radical (unpaired) electrons. The van der Waals surface area contributed by atoms with Gasteiger partial charge in [0.25, 0.3) is 0 Å². The molecule has 0 saturated heterocycles. The van der Waals surface area contributed by atoms with Gasteiger partial charge in [0.2, 0.25) is 0 Å². The van der Waals surface area contributed by atoms with Crippen molar-refractivity contribution < 1.29 is 9.78 Å². The molecular weight excluding hydrogens is 909 g/mol. The quantitative estimate of drug-likeness (QED) is 0.0798. The molecule has 0 saturated carbocycles. The van der Waals surface area contributed by atoms with Crippen LogP contribution in [0.3, 0.4) is 0 Å². The average molecular weight is 970 g/mol. The van der Waals surface area contributed by atoms with E-state index in [4.69, 9.17) is 9.78 Å². The highest BCUT2D eigenvalue weighted by Gasteiger charge is 2.31. The Morgan fingerprint density at radius 2 is 1.14 bits per heavy atom. The third-order valence-electron chi connectivity index (χ3n) is 13.9. The van der Waals surface area contributed by atoms with E-state index in [1.54, 1.807) is 0 Å². The molecule has 6 aromatic heterocycles. The highest BCUT2D eigenvalue weighted by molar-refractivity contribution is 7.33. The van der Waals surface area contributed by atoms with Gasteiger partial charge in [0.05, 0.1) is 9.58 Å². The SMILES string of the molecule is CCCCC(CC)Cc1ccc(-c2c3cc(C(C)(C)c4ccccc4)sc3c(-c3ccc(CC(CC)CCCC)s3)c3cc(-c4sc(-c5ccccc5)c5c6c(sc45)COOC6)sc23)s1. The van der Waals surface area contributed by atoms with E-state index < -0.39 is 0 Å². The molecule has 0 bridgehead atoms. The van der Waals surface area contributed by atoms with E-state index >= 15 is 0 Å². The van der Waals surface area contributed by atoms with Crippen LogP contribution in [-0.2, 0) is 41.2 Å². The molecule has 65 heavy (non-hydrogen) atoms. The van der Waals surface area contributed by atoms with Crippen molar-refractivity contribution in [2.75, 3.05) is 0 Å². The molecule has 336 valence electrons. The zero-order valence-corrected chi connectivity index (χ0v) is 43.5. The molecule has 10 rings (SSSR count). The van der Waals surface area contributed by atoms with E-state index in [1.807, 2.05) is 68.0 Å². The van der Waals surface area contributed by atoms with Crippen molar-refractivity contribution in [2.24, 2.45) is 11.8 Å². The fourth-order valence-electron chi connectivity index (χ4n) is 9.91. The van der Waals surface area contributed by atoms with E-state index in [0.717, 1.165) is 24.7 Å². The van der Waals surface area contributed by atoms with Gasteiger partial charge in [0, 0.05) is 86.7 Å². The van der Waals surface area contributed by atoms with Gasteiger partial charge in [0.1, 0.15) is 13.2 Å². The molecule has 9 aromatic rings. The summed E-state index contributed by atoms with van der Waals surface area (Å²) < 4.78 is 4.20. The molecule has 0 N–H and O–H groups in total. The molecule has 7 heterocycles. The molecule has 0 amide bonds. The second-order valence-electron chi connectivity index (χ2n) is 18.6. The van der Waals surface area contributed by atoms with Crippen molar-refractivity contribution in [1.82, 2.24) is 0 Å². The first kappa shape index (κ1) is 45.3. The molecule has 2 unspecified atom stereocenters. The van der Waals surface area contributed by atoms with Gasteiger partial charge in [0.15, 0.2) is 0 Å². The Balaban J connectivity index is 1.23. The molecule has 1 aliphatic rings. The van der Waals surface area contributed by atoms with Crippen molar-refractivity contribution >= 4 is 98.3 Å². The third-order valence-corrected chi connectivity index (χ3v) is 21.6. The summed E-state index contributed by atoms with van der Waals surface area (Å²) in [6.45, 7) is 15.2. The summed E-state index contributed by atoms with van der Waals surface area (Å²) in [4.78, 5) is 23.8. The van der Waals surface area contributed by atoms with Crippen LogP contribution in [0.5, 0.6) is 0 Å². The van der Waals surface area contributed by atoms with Crippen LogP contribution in [0.25, 0.3) is 71.3 Å². The summed E-state index contributed by atoms with van der Waals surface area (Å²) in [6, 6.07) is 37.2. The summed E-state index contributed by atoms with van der Waals surface area (Å²) >= 11 is 12.0. The predicted octanol–water partition coefficient (Wildman–Crippen LogP) is 20.0. The molecule has 0 fully saturated rings. The molecule has 8 heteroatoms. The normalized spacial score (nSPS) is 14.2. The van der Waals surface area contributed by atoms with Crippen molar-refractivity contribution in [3.8, 4) is 41.1 Å². The monoisotopic (exact) mass is 968 g/mol. The van der Waals surface area contributed by atoms with Crippen LogP contribution in [0.15, 0.2) is 97.1 Å². The Morgan fingerprint density at radius 1 is 0.554 bits per heavy atom. The van der Waals surface area contributed by atoms with E-state index in [0.29, 0.717) is 13.2 Å². The lowest BCUT2D eigenvalue weighted by Gasteiger charge is -2.23. The first-order valence-corrected chi connectivity index (χ1v) is 28.8. The van der Waals surface area contributed by atoms with Crippen LogP contribution in [0.1, 0.15) is 124 Å². The third kappa shape index (κ3) is 8.81. The first-order chi connectivity index (χ1) is 31.8. The van der Waals surface area contributed by atoms with Gasteiger partial charge in [-0.05, 0) is 72.2 Å². The number of thiophene rings is 6. The van der Waals surface area contributed by atoms with Crippen LogP contribution in [0, 0.1) is 11.8 Å². The first-order valence-electron chi connectivity index (χ1n) is 23.9. The van der Waals surface area contributed by atoms with Gasteiger partial charge in [-0.3, -0.25) is 0 Å². The van der Waals surface area contributed by atoms with Gasteiger partial charge < -0.3 is 0 Å². The number of fused-ring (bicyclic) bond motifs is 5. The molecular formula is C57H60O2S6. The minimum atomic E-state index is -0.150. The molecule has 0 spiro atoms. The predicted molar refractivity (Wildman–Crippen MR) is 290 cm³/mol. The summed E-state index contributed by atoms with van der Waals surface area (Å²) in [5.74, 6) is 1.46. The standard InChI is InChI=1S/C57H60O2S6/c1-7-11-19-35(9-3)29-39-25-27-44(60-39)49-41-31-46(55-56-51(43-33-58-59-34-47(43)63-56)52(65-55)37-21-15-13-16-22-37)62-53(41)50(45-28-26-40(61-45)30-36(10-4)20-12-8-2)42-32-48(64-54(42)49)57(5,6)38-23-17-14-18-24-38/h13-18,21-28,31-32,35-36H,7-12,19-20,29-30,33-34H2,1-6H3. The fourth-order valence-corrected chi connectivity index (χ4v) is 17.9. The van der Waals surface area contributed by atoms with E-state index in [9.17, 15) is 0 Å². The van der Waals surface area contributed by atoms with E-state index in [1.165, 1.54) is 153 Å². The summed E-state index contributed by atoms with van der Waals surface area (Å²) in [5, 5.41) is 4.15. The van der Waals surface area contributed by atoms with Gasteiger partial charge in [-0.2, -0.15) is 0 Å². The molecule has 1 aliphatic heterocycles. The second kappa shape index (κ2) is 19.7. The number of hydrogen-bond donors (Lipinski definition) is 0. The number of hydrogen-bond acceptors (Lipinski definition) is 8. The fraction of sp³-hybridized carbons (Fsp3) is 0.368. The van der Waals surface area contributed by atoms with E-state index in [2.05, 4.69) is 139 Å². The largest absolute Gasteiger partial charge is 0.231 e. The van der Waals surface area contributed by atoms with Crippen molar-refractivity contribution in [2.45, 2.75) is 124 Å². The number of rotatable bonds is 18. The Morgan fingerprint density at radius 3 is 1.75 bits per heavy atom. The molecule has 2 nitrogen and oxygen atoms in total. The topological polar surface area (TPSA) is 18.5 Å². The molecule has 2 atom stereocenters. The lowest BCUT2D eigenvalue weighted by molar-refractivity contribution is -0.320. The Labute approximate surface area is 409 Å². The van der Waals surface area contributed by atoms with Crippen LogP contribution in [-0.4, -0.2) is 0 Å². The average Bonchev–Trinajstić information content (AvgIpc) is 4.21. The van der Waals surface area contributed by atoms with Crippen LogP contribution >= 0.6 is 68.0 Å². The highest BCUT2D eigenvalue weighted by Crippen LogP contribution is 2.58. The lowest BCUT2D eigenvalue weighted by Crippen LogP contribution is -2.16. The molecule has 3 aromatic carbocycles. The smallest absolute Gasteiger partial charge is 0.117 e. The van der Waals surface area contributed by atoms with Gasteiger partial charge in [-0.25, -0.2) is 9.78 Å². The molecule has 0 aliphatic carbocycles. The maximum absolute atomic E-state index is 5.66. The minimum Gasteiger partial charge on any atom is -0.231 e. The number of unbranched alkanes of at least 4 members (excludes halogenated alkanes) is 2. The van der Waals surface area contributed by atoms with Gasteiger partial charge in [-0.1, -0.05) is 154 Å². The second-order valence-corrected chi connectivity index (χ2v) is 25.1. The Bertz CT molecular complexity index is 2930. The highest BCUT2D eigenvalue weighted by atomic mass is 32.1. The van der Waals surface area contributed by atoms with Crippen molar-refractivity contribution in [3.05, 3.63) is 128 Å². The van der Waals surface area contributed by atoms with Gasteiger partial charge in [-0.15, -0.1) is 68.0 Å².